The predicted molar refractivity (Wildman–Crippen MR) is 141 cm³/mol. The second-order valence-electron chi connectivity index (χ2n) is 8.43. The van der Waals surface area contributed by atoms with Gasteiger partial charge in [0.2, 0.25) is 0 Å². The van der Waals surface area contributed by atoms with Crippen LogP contribution in [0.5, 0.6) is 5.75 Å². The molecule has 0 N–H and O–H groups in total. The number of esters is 1. The lowest BCUT2D eigenvalue weighted by Gasteiger charge is -2.11. The number of aromatic nitrogens is 3. The van der Waals surface area contributed by atoms with E-state index in [2.05, 4.69) is 9.67 Å². The quantitative estimate of drug-likeness (QED) is 0.196. The molecule has 7 heteroatoms. The lowest BCUT2D eigenvalue weighted by atomic mass is 10.2. The van der Waals surface area contributed by atoms with Crippen LogP contribution in [-0.2, 0) is 4.79 Å². The van der Waals surface area contributed by atoms with Crippen LogP contribution in [0.15, 0.2) is 94.8 Å². The summed E-state index contributed by atoms with van der Waals surface area (Å²) in [4.78, 5) is 29.4. The molecule has 5 aromatic rings. The summed E-state index contributed by atoms with van der Waals surface area (Å²) in [6.45, 7) is 5.37. The Balaban J connectivity index is 1.58. The Morgan fingerprint density at radius 2 is 1.64 bits per heavy atom. The molecule has 0 atom stereocenters. The van der Waals surface area contributed by atoms with Gasteiger partial charge in [0.25, 0.3) is 5.56 Å². The first kappa shape index (κ1) is 23.0. The van der Waals surface area contributed by atoms with Crippen molar-refractivity contribution in [2.75, 3.05) is 0 Å². The fraction of sp³-hybridized carbons (Fsp3) is 0.103. The van der Waals surface area contributed by atoms with Crippen LogP contribution in [0.4, 0.5) is 0 Å². The van der Waals surface area contributed by atoms with Crippen LogP contribution >= 0.6 is 0 Å². The van der Waals surface area contributed by atoms with Gasteiger partial charge in [-0.1, -0.05) is 42.5 Å². The largest absolute Gasteiger partial charge is 0.427 e. The SMILES string of the molecule is CC(=O)Oc1ccc(-n2c(C)cc(C=Nn3c(-c4ccccc4)nc4ccccc4c3=O)c2C)cc1. The summed E-state index contributed by atoms with van der Waals surface area (Å²) in [7, 11) is 0. The van der Waals surface area contributed by atoms with E-state index in [9.17, 15) is 9.59 Å². The number of hydrogen-bond acceptors (Lipinski definition) is 5. The van der Waals surface area contributed by atoms with Crippen LogP contribution in [0, 0.1) is 13.8 Å². The van der Waals surface area contributed by atoms with Gasteiger partial charge in [-0.15, -0.1) is 0 Å². The Kier molecular flexibility index (Phi) is 6.04. The molecular weight excluding hydrogens is 452 g/mol. The summed E-state index contributed by atoms with van der Waals surface area (Å²) in [6, 6.07) is 26.2. The number of nitrogens with zero attached hydrogens (tertiary/aromatic N) is 4. The van der Waals surface area contributed by atoms with Crippen molar-refractivity contribution < 1.29 is 9.53 Å². The number of aryl methyl sites for hydroxylation is 1. The molecule has 0 saturated heterocycles. The van der Waals surface area contributed by atoms with Crippen LogP contribution in [0.2, 0.25) is 0 Å². The minimum Gasteiger partial charge on any atom is -0.427 e. The summed E-state index contributed by atoms with van der Waals surface area (Å²) in [5, 5.41) is 5.11. The van der Waals surface area contributed by atoms with Crippen LogP contribution in [0.25, 0.3) is 28.0 Å². The molecule has 178 valence electrons. The third-order valence-corrected chi connectivity index (χ3v) is 5.92. The van der Waals surface area contributed by atoms with Crippen LogP contribution < -0.4 is 10.3 Å². The molecule has 0 fully saturated rings. The first-order valence-corrected chi connectivity index (χ1v) is 11.5. The summed E-state index contributed by atoms with van der Waals surface area (Å²) in [5.74, 6) is 0.611. The predicted octanol–water partition coefficient (Wildman–Crippen LogP) is 5.28. The van der Waals surface area contributed by atoms with Crippen LogP contribution in [-0.4, -0.2) is 26.4 Å². The highest BCUT2D eigenvalue weighted by Gasteiger charge is 2.14. The third kappa shape index (κ3) is 4.34. The van der Waals surface area contributed by atoms with Crippen molar-refractivity contribution in [1.29, 1.82) is 0 Å². The van der Waals surface area contributed by atoms with Crippen molar-refractivity contribution in [3.8, 4) is 22.8 Å². The van der Waals surface area contributed by atoms with Gasteiger partial charge in [-0.05, 0) is 56.3 Å². The van der Waals surface area contributed by atoms with E-state index in [1.165, 1.54) is 11.6 Å². The van der Waals surface area contributed by atoms with Gasteiger partial charge < -0.3 is 9.30 Å². The minimum absolute atomic E-state index is 0.231. The first-order valence-electron chi connectivity index (χ1n) is 11.5. The number of benzene rings is 3. The molecule has 3 aromatic carbocycles. The van der Waals surface area contributed by atoms with E-state index in [0.717, 1.165) is 28.2 Å². The Morgan fingerprint density at radius 3 is 2.36 bits per heavy atom. The summed E-state index contributed by atoms with van der Waals surface area (Å²) < 4.78 is 8.58. The topological polar surface area (TPSA) is 78.5 Å². The molecule has 0 spiro atoms. The normalized spacial score (nSPS) is 11.3. The van der Waals surface area contributed by atoms with Crippen molar-refractivity contribution in [3.63, 3.8) is 0 Å². The highest BCUT2D eigenvalue weighted by molar-refractivity contribution is 5.83. The van der Waals surface area contributed by atoms with E-state index < -0.39 is 0 Å². The number of fused-ring (bicyclic) bond motifs is 1. The van der Waals surface area contributed by atoms with Gasteiger partial charge in [-0.2, -0.15) is 9.78 Å². The maximum atomic E-state index is 13.4. The number of rotatable bonds is 5. The number of ether oxygens (including phenoxy) is 1. The maximum Gasteiger partial charge on any atom is 0.308 e. The van der Waals surface area contributed by atoms with Gasteiger partial charge in [0, 0.05) is 35.1 Å². The van der Waals surface area contributed by atoms with Gasteiger partial charge in [0.15, 0.2) is 5.82 Å². The molecule has 2 aromatic heterocycles. The molecule has 2 heterocycles. The Morgan fingerprint density at radius 1 is 0.944 bits per heavy atom. The van der Waals surface area contributed by atoms with Crippen LogP contribution in [0.1, 0.15) is 23.9 Å². The van der Waals surface area contributed by atoms with E-state index in [0.29, 0.717) is 22.5 Å². The van der Waals surface area contributed by atoms with Crippen LogP contribution in [0.3, 0.4) is 0 Å². The molecule has 0 amide bonds. The Hall–Kier alpha value is -4.78. The monoisotopic (exact) mass is 476 g/mol. The number of para-hydroxylation sites is 1. The van der Waals surface area contributed by atoms with Gasteiger partial charge in [-0.25, -0.2) is 4.98 Å². The average Bonchev–Trinajstić information content (AvgIpc) is 3.16. The second kappa shape index (κ2) is 9.46. The van der Waals surface area contributed by atoms with Crippen molar-refractivity contribution in [1.82, 2.24) is 14.2 Å². The van der Waals surface area contributed by atoms with Gasteiger partial charge in [0.1, 0.15) is 5.75 Å². The van der Waals surface area contributed by atoms with E-state index in [4.69, 9.17) is 9.72 Å². The molecule has 0 aliphatic rings. The molecule has 7 nitrogen and oxygen atoms in total. The van der Waals surface area contributed by atoms with E-state index in [1.54, 1.807) is 24.4 Å². The fourth-order valence-corrected chi connectivity index (χ4v) is 4.27. The fourth-order valence-electron chi connectivity index (χ4n) is 4.27. The summed E-state index contributed by atoms with van der Waals surface area (Å²) >= 11 is 0. The highest BCUT2D eigenvalue weighted by atomic mass is 16.5. The number of carbonyl (C=O) groups excluding carboxylic acids is 1. The van der Waals surface area contributed by atoms with Crippen molar-refractivity contribution >= 4 is 23.1 Å². The highest BCUT2D eigenvalue weighted by Crippen LogP contribution is 2.23. The smallest absolute Gasteiger partial charge is 0.308 e. The Labute approximate surface area is 207 Å². The minimum atomic E-state index is -0.358. The Bertz CT molecular complexity index is 1660. The standard InChI is InChI=1S/C29H24N4O3/c1-19-17-23(20(2)32(19)24-13-15-25(16-14-24)36-21(3)34)18-30-33-28(22-9-5-4-6-10-22)31-27-12-8-7-11-26(27)29(33)35/h4-18H,1-3H3. The maximum absolute atomic E-state index is 13.4. The van der Waals surface area contributed by atoms with Crippen molar-refractivity contribution in [2.45, 2.75) is 20.8 Å². The summed E-state index contributed by atoms with van der Waals surface area (Å²) in [5.41, 5.74) is 4.95. The molecule has 0 saturated carbocycles. The molecule has 36 heavy (non-hydrogen) atoms. The molecule has 0 radical (unpaired) electrons. The number of carbonyl (C=O) groups is 1. The lowest BCUT2D eigenvalue weighted by molar-refractivity contribution is -0.131. The van der Waals surface area contributed by atoms with Gasteiger partial charge in [-0.3, -0.25) is 9.59 Å². The van der Waals surface area contributed by atoms with Crippen molar-refractivity contribution in [3.05, 3.63) is 112 Å². The molecule has 0 unspecified atom stereocenters. The zero-order valence-electron chi connectivity index (χ0n) is 20.2. The van der Waals surface area contributed by atoms with Crippen molar-refractivity contribution in [2.24, 2.45) is 5.10 Å². The second-order valence-corrected chi connectivity index (χ2v) is 8.43. The first-order chi connectivity index (χ1) is 17.4. The third-order valence-electron chi connectivity index (χ3n) is 5.92. The number of hydrogen-bond donors (Lipinski definition) is 0. The lowest BCUT2D eigenvalue weighted by Crippen LogP contribution is -2.20. The zero-order chi connectivity index (χ0) is 25.2. The molecular formula is C29H24N4O3. The van der Waals surface area contributed by atoms with Gasteiger partial charge in [0.05, 0.1) is 17.1 Å². The molecule has 0 bridgehead atoms. The summed E-state index contributed by atoms with van der Waals surface area (Å²) in [6.07, 6.45) is 1.69. The molecule has 0 aliphatic heterocycles. The molecule has 5 rings (SSSR count). The van der Waals surface area contributed by atoms with E-state index in [-0.39, 0.29) is 11.5 Å². The van der Waals surface area contributed by atoms with Gasteiger partial charge >= 0.3 is 5.97 Å². The van der Waals surface area contributed by atoms with E-state index in [1.807, 2.05) is 80.6 Å². The average molecular weight is 477 g/mol. The zero-order valence-corrected chi connectivity index (χ0v) is 20.2. The molecule has 0 aliphatic carbocycles. The van der Waals surface area contributed by atoms with E-state index >= 15 is 0 Å².